The van der Waals surface area contributed by atoms with E-state index in [1.165, 1.54) is 132 Å². The second-order valence-corrected chi connectivity index (χ2v) is 16.0. The minimum absolute atomic E-state index is 0.112. The van der Waals surface area contributed by atoms with Crippen LogP contribution in [0.4, 0.5) is 0 Å². The summed E-state index contributed by atoms with van der Waals surface area (Å²) < 4.78 is 4.99. The summed E-state index contributed by atoms with van der Waals surface area (Å²) in [6, 6.07) is 67.9. The van der Waals surface area contributed by atoms with Crippen molar-refractivity contribution in [2.24, 2.45) is 0 Å². The van der Waals surface area contributed by atoms with Crippen LogP contribution in [0, 0.1) is 0 Å². The van der Waals surface area contributed by atoms with Gasteiger partial charge in [0.05, 0.1) is 22.1 Å². The molecule has 1 fully saturated rings. The molecule has 0 unspecified atom stereocenters. The molecule has 0 bridgehead atoms. The Labute approximate surface area is 326 Å². The lowest BCUT2D eigenvalue weighted by molar-refractivity contribution is 0.353. The lowest BCUT2D eigenvalue weighted by atomic mass is 9.68. The van der Waals surface area contributed by atoms with Gasteiger partial charge in [0.2, 0.25) is 0 Å². The molecule has 0 aliphatic heterocycles. The minimum atomic E-state index is 0.112. The summed E-state index contributed by atoms with van der Waals surface area (Å²) in [6.07, 6.45) is 6.38. The van der Waals surface area contributed by atoms with Crippen LogP contribution in [-0.2, 0) is 5.41 Å². The van der Waals surface area contributed by atoms with Gasteiger partial charge in [0, 0.05) is 38.3 Å². The molecule has 56 heavy (non-hydrogen) atoms. The molecule has 2 aliphatic rings. The molecule has 2 aromatic heterocycles. The van der Waals surface area contributed by atoms with Crippen molar-refractivity contribution < 1.29 is 0 Å². The van der Waals surface area contributed by atoms with Crippen molar-refractivity contribution in [3.05, 3.63) is 193 Å². The summed E-state index contributed by atoms with van der Waals surface area (Å²) in [6.45, 7) is 0. The van der Waals surface area contributed by atoms with E-state index in [1.54, 1.807) is 0 Å². The number of hydrogen-bond acceptors (Lipinski definition) is 0. The normalized spacial score (nSPS) is 14.6. The minimum Gasteiger partial charge on any atom is -0.309 e. The van der Waals surface area contributed by atoms with Crippen molar-refractivity contribution in [3.63, 3.8) is 0 Å². The molecule has 8 aromatic carbocycles. The number of fused-ring (bicyclic) bond motifs is 12. The summed E-state index contributed by atoms with van der Waals surface area (Å²) in [5.41, 5.74) is 18.3. The highest BCUT2D eigenvalue weighted by atomic mass is 15.0. The summed E-state index contributed by atoms with van der Waals surface area (Å²) in [5, 5.41) is 5.20. The second-order valence-electron chi connectivity index (χ2n) is 16.0. The molecule has 1 saturated carbocycles. The second kappa shape index (κ2) is 12.2. The van der Waals surface area contributed by atoms with Crippen LogP contribution in [0.15, 0.2) is 182 Å². The third-order valence-electron chi connectivity index (χ3n) is 13.1. The number of hydrogen-bond donors (Lipinski definition) is 0. The highest BCUT2D eigenvalue weighted by Gasteiger charge is 2.43. The molecule has 10 aromatic rings. The number of para-hydroxylation sites is 2. The first kappa shape index (κ1) is 31.7. The van der Waals surface area contributed by atoms with E-state index >= 15 is 0 Å². The first-order valence-corrected chi connectivity index (χ1v) is 20.2. The van der Waals surface area contributed by atoms with Crippen molar-refractivity contribution >= 4 is 43.6 Å². The summed E-state index contributed by atoms with van der Waals surface area (Å²) in [5.74, 6) is 0. The molecule has 0 amide bonds. The van der Waals surface area contributed by atoms with Gasteiger partial charge in [-0.3, -0.25) is 0 Å². The largest absolute Gasteiger partial charge is 0.309 e. The van der Waals surface area contributed by atoms with Gasteiger partial charge in [-0.1, -0.05) is 153 Å². The van der Waals surface area contributed by atoms with E-state index in [1.807, 2.05) is 0 Å². The van der Waals surface area contributed by atoms with Gasteiger partial charge in [-0.15, -0.1) is 0 Å². The number of rotatable bonds is 4. The zero-order valence-electron chi connectivity index (χ0n) is 31.3. The first-order valence-electron chi connectivity index (χ1n) is 20.2. The van der Waals surface area contributed by atoms with Gasteiger partial charge in [0.1, 0.15) is 0 Å². The van der Waals surface area contributed by atoms with Crippen LogP contribution in [0.5, 0.6) is 0 Å². The Balaban J connectivity index is 1.02. The molecule has 1 spiro atoms. The van der Waals surface area contributed by atoms with Gasteiger partial charge in [0.25, 0.3) is 0 Å². The molecule has 0 atom stereocenters. The van der Waals surface area contributed by atoms with Gasteiger partial charge in [-0.05, 0) is 106 Å². The van der Waals surface area contributed by atoms with Crippen LogP contribution in [0.3, 0.4) is 0 Å². The van der Waals surface area contributed by atoms with Gasteiger partial charge < -0.3 is 9.13 Å². The molecule has 0 N–H and O–H groups in total. The quantitative estimate of drug-likeness (QED) is 0.172. The van der Waals surface area contributed by atoms with Crippen molar-refractivity contribution in [3.8, 4) is 44.8 Å². The SMILES string of the molecule is c1ccc(-c2ccc(-c3ccc(-n4c5ccccc5c5c6c7ccccc7n(-c7ccc8c(c7)C7(CCCCC7)c7ccccc7-8)c6ccc54)cc3)cc2)cc1. The van der Waals surface area contributed by atoms with Crippen LogP contribution in [0.1, 0.15) is 43.2 Å². The Kier molecular flexibility index (Phi) is 6.89. The molecule has 12 rings (SSSR count). The fourth-order valence-electron chi connectivity index (χ4n) is 10.6. The molecule has 2 heteroatoms. The van der Waals surface area contributed by atoms with Gasteiger partial charge in [-0.2, -0.15) is 0 Å². The average Bonchev–Trinajstić information content (AvgIpc) is 3.88. The highest BCUT2D eigenvalue weighted by Crippen LogP contribution is 2.56. The Morgan fingerprint density at radius 2 is 0.821 bits per heavy atom. The van der Waals surface area contributed by atoms with E-state index in [0.717, 1.165) is 0 Å². The van der Waals surface area contributed by atoms with E-state index in [-0.39, 0.29) is 5.41 Å². The first-order chi connectivity index (χ1) is 27.8. The number of aromatic nitrogens is 2. The van der Waals surface area contributed by atoms with Crippen molar-refractivity contribution in [2.75, 3.05) is 0 Å². The number of nitrogens with zero attached hydrogens (tertiary/aromatic N) is 2. The maximum Gasteiger partial charge on any atom is 0.0548 e. The van der Waals surface area contributed by atoms with Crippen molar-refractivity contribution in [1.82, 2.24) is 9.13 Å². The van der Waals surface area contributed by atoms with Crippen LogP contribution in [0.25, 0.3) is 88.4 Å². The third-order valence-corrected chi connectivity index (χ3v) is 13.1. The van der Waals surface area contributed by atoms with E-state index in [2.05, 4.69) is 191 Å². The Hall–Kier alpha value is -6.64. The van der Waals surface area contributed by atoms with E-state index in [0.29, 0.717) is 0 Å². The molecule has 2 aliphatic carbocycles. The predicted molar refractivity (Wildman–Crippen MR) is 235 cm³/mol. The van der Waals surface area contributed by atoms with Crippen LogP contribution in [0.2, 0.25) is 0 Å². The molecule has 0 radical (unpaired) electrons. The highest BCUT2D eigenvalue weighted by molar-refractivity contribution is 6.28. The summed E-state index contributed by atoms with van der Waals surface area (Å²) >= 11 is 0. The zero-order chi connectivity index (χ0) is 36.8. The molecule has 0 saturated heterocycles. The monoisotopic (exact) mass is 716 g/mol. The van der Waals surface area contributed by atoms with Crippen LogP contribution in [-0.4, -0.2) is 9.13 Å². The molecule has 2 heterocycles. The fourth-order valence-corrected chi connectivity index (χ4v) is 10.6. The standard InChI is InChI=1S/C54H40N2/c1-3-13-36(14-4-1)37-21-23-38(24-22-37)39-25-27-40(28-26-39)55-48-19-9-6-16-44(48)52-50(55)31-32-51-53(52)45-17-7-10-20-49(45)56(51)41-29-30-43-42-15-5-8-18-46(42)54(47(43)35-41)33-11-2-12-34-54/h1,3-10,13-32,35H,2,11-12,33-34H2. The molecule has 266 valence electrons. The van der Waals surface area contributed by atoms with Crippen LogP contribution >= 0.6 is 0 Å². The third kappa shape index (κ3) is 4.50. The van der Waals surface area contributed by atoms with E-state index in [4.69, 9.17) is 0 Å². The van der Waals surface area contributed by atoms with Crippen LogP contribution < -0.4 is 0 Å². The van der Waals surface area contributed by atoms with Crippen molar-refractivity contribution in [2.45, 2.75) is 37.5 Å². The van der Waals surface area contributed by atoms with Gasteiger partial charge in [0.15, 0.2) is 0 Å². The Morgan fingerprint density at radius 3 is 1.46 bits per heavy atom. The van der Waals surface area contributed by atoms with E-state index < -0.39 is 0 Å². The molecular formula is C54H40N2. The lowest BCUT2D eigenvalue weighted by Crippen LogP contribution is -2.28. The topological polar surface area (TPSA) is 9.86 Å². The predicted octanol–water partition coefficient (Wildman–Crippen LogP) is 14.4. The summed E-state index contributed by atoms with van der Waals surface area (Å²) in [7, 11) is 0. The Morgan fingerprint density at radius 1 is 0.339 bits per heavy atom. The average molecular weight is 717 g/mol. The fraction of sp³-hybridized carbons (Fsp3) is 0.111. The zero-order valence-corrected chi connectivity index (χ0v) is 31.3. The Bertz CT molecular complexity index is 3140. The number of benzene rings is 8. The van der Waals surface area contributed by atoms with Gasteiger partial charge in [-0.25, -0.2) is 0 Å². The smallest absolute Gasteiger partial charge is 0.0548 e. The van der Waals surface area contributed by atoms with E-state index in [9.17, 15) is 0 Å². The maximum atomic E-state index is 2.55. The summed E-state index contributed by atoms with van der Waals surface area (Å²) in [4.78, 5) is 0. The molecule has 2 nitrogen and oxygen atoms in total. The van der Waals surface area contributed by atoms with Gasteiger partial charge >= 0.3 is 0 Å². The maximum absolute atomic E-state index is 2.55. The lowest BCUT2D eigenvalue weighted by Gasteiger charge is -2.36. The van der Waals surface area contributed by atoms with Crippen molar-refractivity contribution in [1.29, 1.82) is 0 Å². The molecular weight excluding hydrogens is 677 g/mol.